The average molecular weight is 436 g/mol. The Labute approximate surface area is 175 Å². The minimum atomic E-state index is -0.301. The van der Waals surface area contributed by atoms with Crippen LogP contribution in [0.5, 0.6) is 11.5 Å². The molecule has 0 unspecified atom stereocenters. The number of anilines is 1. The van der Waals surface area contributed by atoms with Crippen molar-refractivity contribution in [1.29, 1.82) is 0 Å². The van der Waals surface area contributed by atoms with Crippen LogP contribution in [0.4, 0.5) is 5.13 Å². The van der Waals surface area contributed by atoms with E-state index in [4.69, 9.17) is 32.7 Å². The molecule has 1 aromatic heterocycles. The van der Waals surface area contributed by atoms with Gasteiger partial charge >= 0.3 is 0 Å². The van der Waals surface area contributed by atoms with Crippen molar-refractivity contribution in [2.75, 3.05) is 12.4 Å². The van der Waals surface area contributed by atoms with Crippen LogP contribution in [0.15, 0.2) is 48.0 Å². The van der Waals surface area contributed by atoms with Crippen LogP contribution in [0.3, 0.4) is 0 Å². The van der Waals surface area contributed by atoms with Crippen LogP contribution in [-0.2, 0) is 11.4 Å². The molecule has 9 heteroatoms. The molecule has 0 aliphatic rings. The van der Waals surface area contributed by atoms with Gasteiger partial charge in [0.05, 0.1) is 7.11 Å². The first-order valence-electron chi connectivity index (χ1n) is 8.06. The summed E-state index contributed by atoms with van der Waals surface area (Å²) in [5.74, 6) is 0.758. The van der Waals surface area contributed by atoms with Gasteiger partial charge in [0.2, 0.25) is 11.0 Å². The van der Waals surface area contributed by atoms with Gasteiger partial charge in [0, 0.05) is 21.7 Å². The molecule has 0 aliphatic heterocycles. The highest BCUT2D eigenvalue weighted by Crippen LogP contribution is 2.31. The second kappa shape index (κ2) is 9.54. The highest BCUT2D eigenvalue weighted by molar-refractivity contribution is 7.13. The van der Waals surface area contributed by atoms with Crippen LogP contribution >= 0.6 is 34.5 Å². The maximum atomic E-state index is 11.9. The van der Waals surface area contributed by atoms with Gasteiger partial charge in [-0.05, 0) is 35.9 Å². The first-order chi connectivity index (χ1) is 13.6. The standard InChI is InChI=1S/C19H15Cl2N3O3S/c1-26-17-9-12(6-8-18(25)23-19-24-22-11-28-19)5-7-16(17)27-10-13-14(20)3-2-4-15(13)21/h2-9,11H,10H2,1H3,(H,23,24,25)/b8-6+. The van der Waals surface area contributed by atoms with Crippen LogP contribution < -0.4 is 14.8 Å². The quantitative estimate of drug-likeness (QED) is 0.523. The Balaban J connectivity index is 1.68. The van der Waals surface area contributed by atoms with Crippen LogP contribution in [0.1, 0.15) is 11.1 Å². The van der Waals surface area contributed by atoms with Crippen LogP contribution in [-0.4, -0.2) is 23.2 Å². The number of halogens is 2. The summed E-state index contributed by atoms with van der Waals surface area (Å²) in [4.78, 5) is 11.9. The van der Waals surface area contributed by atoms with E-state index in [1.54, 1.807) is 55.1 Å². The number of amides is 1. The molecule has 1 heterocycles. The molecule has 0 spiro atoms. The zero-order valence-corrected chi connectivity index (χ0v) is 17.0. The fourth-order valence-corrected chi connectivity index (χ4v) is 3.23. The summed E-state index contributed by atoms with van der Waals surface area (Å²) >= 11 is 13.6. The molecule has 0 bridgehead atoms. The van der Waals surface area contributed by atoms with Crippen molar-refractivity contribution in [2.24, 2.45) is 0 Å². The molecule has 0 atom stereocenters. The first kappa shape index (κ1) is 20.1. The number of benzene rings is 2. The third-order valence-corrected chi connectivity index (χ3v) is 4.95. The molecule has 0 fully saturated rings. The number of carbonyl (C=O) groups is 1. The van der Waals surface area contributed by atoms with E-state index >= 15 is 0 Å². The maximum Gasteiger partial charge on any atom is 0.250 e. The number of methoxy groups -OCH3 is 1. The van der Waals surface area contributed by atoms with Crippen molar-refractivity contribution in [3.8, 4) is 11.5 Å². The predicted octanol–water partition coefficient (Wildman–Crippen LogP) is 5.08. The van der Waals surface area contributed by atoms with E-state index in [1.165, 1.54) is 17.4 Å². The van der Waals surface area contributed by atoms with E-state index in [2.05, 4.69) is 15.5 Å². The highest BCUT2D eigenvalue weighted by atomic mass is 35.5. The van der Waals surface area contributed by atoms with Crippen LogP contribution in [0.25, 0.3) is 6.08 Å². The Hall–Kier alpha value is -2.61. The van der Waals surface area contributed by atoms with E-state index in [-0.39, 0.29) is 12.5 Å². The molecule has 0 aliphatic carbocycles. The molecular weight excluding hydrogens is 421 g/mol. The lowest BCUT2D eigenvalue weighted by Crippen LogP contribution is -2.07. The summed E-state index contributed by atoms with van der Waals surface area (Å²) in [6.45, 7) is 0.203. The molecular formula is C19H15Cl2N3O3S. The Morgan fingerprint density at radius 3 is 2.68 bits per heavy atom. The van der Waals surface area contributed by atoms with Crippen molar-refractivity contribution in [1.82, 2.24) is 10.2 Å². The second-order valence-electron chi connectivity index (χ2n) is 5.47. The second-order valence-corrected chi connectivity index (χ2v) is 7.11. The normalized spacial score (nSPS) is 10.8. The van der Waals surface area contributed by atoms with Gasteiger partial charge < -0.3 is 9.47 Å². The fourth-order valence-electron chi connectivity index (χ4n) is 2.27. The van der Waals surface area contributed by atoms with Gasteiger partial charge in [-0.3, -0.25) is 10.1 Å². The third kappa shape index (κ3) is 5.22. The summed E-state index contributed by atoms with van der Waals surface area (Å²) in [6, 6.07) is 10.6. The minimum absolute atomic E-state index is 0.203. The Morgan fingerprint density at radius 1 is 1.21 bits per heavy atom. The molecule has 0 saturated heterocycles. The Morgan fingerprint density at radius 2 is 2.00 bits per heavy atom. The lowest BCUT2D eigenvalue weighted by Gasteiger charge is -2.13. The van der Waals surface area contributed by atoms with Gasteiger partial charge in [-0.15, -0.1) is 10.2 Å². The van der Waals surface area contributed by atoms with E-state index < -0.39 is 0 Å². The smallest absolute Gasteiger partial charge is 0.250 e. The van der Waals surface area contributed by atoms with Gasteiger partial charge in [-0.1, -0.05) is 46.7 Å². The summed E-state index contributed by atoms with van der Waals surface area (Å²) < 4.78 is 11.2. The van der Waals surface area contributed by atoms with Gasteiger partial charge in [0.1, 0.15) is 12.1 Å². The molecule has 0 radical (unpaired) electrons. The van der Waals surface area contributed by atoms with Gasteiger partial charge in [0.25, 0.3) is 0 Å². The number of aromatic nitrogens is 2. The summed E-state index contributed by atoms with van der Waals surface area (Å²) in [7, 11) is 1.54. The van der Waals surface area contributed by atoms with E-state index in [0.29, 0.717) is 32.2 Å². The largest absolute Gasteiger partial charge is 0.493 e. The van der Waals surface area contributed by atoms with E-state index in [9.17, 15) is 4.79 Å². The molecule has 2 aromatic carbocycles. The van der Waals surface area contributed by atoms with Crippen molar-refractivity contribution >= 4 is 51.7 Å². The van der Waals surface area contributed by atoms with Gasteiger partial charge in [-0.2, -0.15) is 0 Å². The Kier molecular flexibility index (Phi) is 6.86. The lowest BCUT2D eigenvalue weighted by molar-refractivity contribution is -0.111. The van der Waals surface area contributed by atoms with Gasteiger partial charge in [-0.25, -0.2) is 0 Å². The summed E-state index contributed by atoms with van der Waals surface area (Å²) in [5, 5.41) is 11.5. The minimum Gasteiger partial charge on any atom is -0.493 e. The average Bonchev–Trinajstić information content (AvgIpc) is 3.19. The molecule has 6 nitrogen and oxygen atoms in total. The zero-order valence-electron chi connectivity index (χ0n) is 14.7. The molecule has 1 N–H and O–H groups in total. The SMILES string of the molecule is COc1cc(/C=C/C(=O)Nc2nncs2)ccc1OCc1c(Cl)cccc1Cl. The number of hydrogen-bond donors (Lipinski definition) is 1. The predicted molar refractivity (Wildman–Crippen MR) is 111 cm³/mol. The van der Waals surface area contributed by atoms with Crippen molar-refractivity contribution in [3.05, 3.63) is 69.2 Å². The maximum absolute atomic E-state index is 11.9. The molecule has 3 rings (SSSR count). The number of nitrogens with zero attached hydrogens (tertiary/aromatic N) is 2. The Bertz CT molecular complexity index is 974. The van der Waals surface area contributed by atoms with Crippen molar-refractivity contribution in [2.45, 2.75) is 6.61 Å². The molecule has 144 valence electrons. The zero-order chi connectivity index (χ0) is 19.9. The topological polar surface area (TPSA) is 73.3 Å². The molecule has 0 saturated carbocycles. The van der Waals surface area contributed by atoms with Crippen molar-refractivity contribution < 1.29 is 14.3 Å². The monoisotopic (exact) mass is 435 g/mol. The van der Waals surface area contributed by atoms with E-state index in [0.717, 1.165) is 5.56 Å². The lowest BCUT2D eigenvalue weighted by atomic mass is 10.2. The number of ether oxygens (including phenoxy) is 2. The first-order valence-corrected chi connectivity index (χ1v) is 9.69. The van der Waals surface area contributed by atoms with E-state index in [1.807, 2.05) is 0 Å². The number of rotatable bonds is 7. The number of nitrogens with one attached hydrogen (secondary N) is 1. The number of hydrogen-bond acceptors (Lipinski definition) is 6. The summed E-state index contributed by atoms with van der Waals surface area (Å²) in [6.07, 6.45) is 3.06. The van der Waals surface area contributed by atoms with Crippen LogP contribution in [0.2, 0.25) is 10.0 Å². The molecule has 28 heavy (non-hydrogen) atoms. The highest BCUT2D eigenvalue weighted by Gasteiger charge is 2.10. The number of carbonyl (C=O) groups excluding carboxylic acids is 1. The van der Waals surface area contributed by atoms with Crippen LogP contribution in [0, 0.1) is 0 Å². The fraction of sp³-hybridized carbons (Fsp3) is 0.105. The summed E-state index contributed by atoms with van der Waals surface area (Å²) in [5.41, 5.74) is 3.01. The molecule has 3 aromatic rings. The van der Waals surface area contributed by atoms with Crippen molar-refractivity contribution in [3.63, 3.8) is 0 Å². The third-order valence-electron chi connectivity index (χ3n) is 3.64. The molecule has 1 amide bonds. The van der Waals surface area contributed by atoms with Gasteiger partial charge in [0.15, 0.2) is 11.5 Å².